The molecule has 1 aromatic rings. The van der Waals surface area contributed by atoms with Crippen LogP contribution in [0.5, 0.6) is 0 Å². The monoisotopic (exact) mass is 1240 g/mol. The van der Waals surface area contributed by atoms with Crippen LogP contribution in [-0.2, 0) is 4.79 Å². The third-order valence-corrected chi connectivity index (χ3v) is 10.0. The smallest absolute Gasteiger partial charge is 0.349 e. The van der Waals surface area contributed by atoms with Gasteiger partial charge >= 0.3 is 119 Å². The molecule has 0 aliphatic carbocycles. The van der Waals surface area contributed by atoms with E-state index < -0.39 is 148 Å². The third-order valence-electron chi connectivity index (χ3n) is 10.0. The summed E-state index contributed by atoms with van der Waals surface area (Å²) in [5.74, 6) is -192. The lowest BCUT2D eigenvalue weighted by Gasteiger charge is -2.47. The number of amides is 1. The van der Waals surface area contributed by atoms with Gasteiger partial charge in [0.2, 0.25) is 6.08 Å². The molecule has 1 aromatic carbocycles. The first-order chi connectivity index (χ1) is 33.0. The van der Waals surface area contributed by atoms with E-state index in [9.17, 15) is 190 Å². The highest BCUT2D eigenvalue weighted by Crippen LogP contribution is 2.71. The van der Waals surface area contributed by atoms with Crippen molar-refractivity contribution in [3.8, 4) is 0 Å². The summed E-state index contributed by atoms with van der Waals surface area (Å²) in [5.41, 5.74) is -1.88. The third kappa shape index (κ3) is 8.95. The van der Waals surface area contributed by atoms with Gasteiger partial charge in [0, 0.05) is 12.5 Å². The fourth-order valence-electron chi connectivity index (χ4n) is 5.41. The summed E-state index contributed by atoms with van der Waals surface area (Å²) in [6.07, 6.45) is -11.2. The van der Waals surface area contributed by atoms with Gasteiger partial charge in [0.15, 0.2) is 0 Å². The van der Waals surface area contributed by atoms with Gasteiger partial charge in [0.1, 0.15) is 0 Å². The topological polar surface area (TPSA) is 58.5 Å². The second-order valence-electron chi connectivity index (χ2n) is 15.3. The molecule has 0 fully saturated rings. The van der Waals surface area contributed by atoms with Crippen molar-refractivity contribution in [3.05, 3.63) is 29.3 Å². The molecule has 0 aliphatic heterocycles. The summed E-state index contributed by atoms with van der Waals surface area (Å²) in [7, 11) is 0. The van der Waals surface area contributed by atoms with E-state index in [1.807, 2.05) is 0 Å². The average Bonchev–Trinajstić information content (AvgIpc) is 3.22. The van der Waals surface area contributed by atoms with Crippen LogP contribution in [0.25, 0.3) is 0 Å². The zero-order valence-electron chi connectivity index (χ0n) is 34.8. The lowest BCUT2D eigenvalue weighted by Crippen LogP contribution is -2.80. The van der Waals surface area contributed by atoms with E-state index in [4.69, 9.17) is 0 Å². The standard InChI is InChI=1S/C32H13F41N2O2/c1-8-3-4-11(74-7-76)10(5-8)12(77)75-9(2)6-13(33,34)14(35,36)15(37,38)16(39,40)17(41,42)18(43,44)19(45,46)20(47,48)21(49,50)22(51,52)23(53,54)24(55,56)25(57,58)26(59,60)27(61,62)28(63,64)29(65,66)30(67,68)31(69,70)32(71,72)73/h3-5,9H,6H2,1-2H3,(H,75,77). The largest absolute Gasteiger partial charge is 0.460 e. The highest BCUT2D eigenvalue weighted by molar-refractivity contribution is 5.99. The molecule has 4 nitrogen and oxygen atoms in total. The Morgan fingerprint density at radius 1 is 0.403 bits per heavy atom. The van der Waals surface area contributed by atoms with Crippen molar-refractivity contribution in [3.63, 3.8) is 0 Å². The molecule has 1 unspecified atom stereocenters. The second kappa shape index (κ2) is 18.6. The number of rotatable bonds is 23. The molecule has 1 atom stereocenters. The van der Waals surface area contributed by atoms with Gasteiger partial charge in [0.05, 0.1) is 11.3 Å². The highest BCUT2D eigenvalue weighted by atomic mass is 19.4. The molecule has 0 saturated carbocycles. The first-order valence-electron chi connectivity index (χ1n) is 17.7. The van der Waals surface area contributed by atoms with Crippen LogP contribution in [-0.4, -0.2) is 137 Å². The van der Waals surface area contributed by atoms with Crippen molar-refractivity contribution in [1.29, 1.82) is 0 Å². The van der Waals surface area contributed by atoms with Gasteiger partial charge in [-0.1, -0.05) is 11.6 Å². The van der Waals surface area contributed by atoms with E-state index in [0.717, 1.165) is 30.5 Å². The normalized spacial score (nSPS) is 16.6. The Morgan fingerprint density at radius 2 is 0.623 bits per heavy atom. The molecule has 0 saturated heterocycles. The van der Waals surface area contributed by atoms with E-state index in [1.54, 1.807) is 0 Å². The number of aliphatic imine (C=N–C) groups is 1. The zero-order chi connectivity index (χ0) is 62.8. The number of nitrogens with one attached hydrogen (secondary N) is 1. The van der Waals surface area contributed by atoms with Crippen molar-refractivity contribution in [2.75, 3.05) is 0 Å². The minimum Gasteiger partial charge on any atom is -0.349 e. The Hall–Kier alpha value is -4.80. The SMILES string of the molecule is Cc1ccc(N=C=O)c(C(=O)NC(C)CC(F)(F)C(F)(F)C(F)(F)C(F)(F)C(F)(F)C(F)(F)C(F)(F)C(F)(F)C(F)(F)C(F)(F)C(F)(F)C(F)(F)C(F)(F)C(F)(F)C(F)(F)C(F)(F)C(F)(F)C(F)(F)C(F)(F)C(F)(F)F)c1. The molecule has 45 heteroatoms. The van der Waals surface area contributed by atoms with Crippen molar-refractivity contribution in [2.24, 2.45) is 4.99 Å². The van der Waals surface area contributed by atoms with Crippen LogP contribution in [0.4, 0.5) is 186 Å². The number of benzene rings is 1. The number of alkyl halides is 41. The van der Waals surface area contributed by atoms with Crippen LogP contribution in [0.15, 0.2) is 23.2 Å². The molecule has 0 radical (unpaired) electrons. The summed E-state index contributed by atoms with van der Waals surface area (Å²) < 4.78 is 572. The van der Waals surface area contributed by atoms with E-state index >= 15 is 0 Å². The number of hydrogen-bond donors (Lipinski definition) is 1. The number of halogens is 41. The van der Waals surface area contributed by atoms with Crippen LogP contribution < -0.4 is 5.32 Å². The van der Waals surface area contributed by atoms with Gasteiger partial charge in [0.25, 0.3) is 5.91 Å². The predicted octanol–water partition coefficient (Wildman–Crippen LogP) is 15.1. The molecule has 0 heterocycles. The fourth-order valence-corrected chi connectivity index (χ4v) is 5.41. The lowest BCUT2D eigenvalue weighted by molar-refractivity contribution is -0.495. The van der Waals surface area contributed by atoms with Crippen LogP contribution in [0.3, 0.4) is 0 Å². The summed E-state index contributed by atoms with van der Waals surface area (Å²) in [6, 6.07) is -0.678. The molecule has 77 heavy (non-hydrogen) atoms. The van der Waals surface area contributed by atoms with Gasteiger partial charge in [-0.25, -0.2) is 4.79 Å². The summed E-state index contributed by atoms with van der Waals surface area (Å²) >= 11 is 0. The molecule has 450 valence electrons. The molecule has 0 spiro atoms. The number of hydrogen-bond acceptors (Lipinski definition) is 3. The zero-order valence-corrected chi connectivity index (χ0v) is 34.8. The van der Waals surface area contributed by atoms with E-state index in [0.29, 0.717) is 6.07 Å². The van der Waals surface area contributed by atoms with Crippen LogP contribution in [0.1, 0.15) is 29.3 Å². The van der Waals surface area contributed by atoms with Gasteiger partial charge in [-0.3, -0.25) is 4.79 Å². The number of isocyanates is 1. The van der Waals surface area contributed by atoms with Crippen molar-refractivity contribution < 1.29 is 190 Å². The number of aryl methyl sites for hydroxylation is 1. The highest BCUT2D eigenvalue weighted by Gasteiger charge is 3.03. The summed E-state index contributed by atoms with van der Waals surface area (Å²) in [5, 5.41) is 1.12. The minimum atomic E-state index is -10.7. The molecule has 0 aromatic heterocycles. The Kier molecular flexibility index (Phi) is 17.0. The summed E-state index contributed by atoms with van der Waals surface area (Å²) in [4.78, 5) is 25.8. The molecular weight excluding hydrogens is 1220 g/mol. The Morgan fingerprint density at radius 3 is 0.844 bits per heavy atom. The molecule has 0 aliphatic rings. The first-order valence-corrected chi connectivity index (χ1v) is 17.7. The maximum Gasteiger partial charge on any atom is 0.460 e. The number of carbonyl (C=O) groups is 1. The van der Waals surface area contributed by atoms with Crippen molar-refractivity contribution in [2.45, 2.75) is 145 Å². The van der Waals surface area contributed by atoms with Gasteiger partial charge in [-0.05, 0) is 26.0 Å². The van der Waals surface area contributed by atoms with Gasteiger partial charge in [-0.2, -0.15) is 185 Å². The maximum atomic E-state index is 14.6. The summed E-state index contributed by atoms with van der Waals surface area (Å²) in [6.45, 7) is 1.01. The predicted molar refractivity (Wildman–Crippen MR) is 161 cm³/mol. The Bertz CT molecular complexity index is 2390. The molecule has 1 amide bonds. The van der Waals surface area contributed by atoms with Crippen molar-refractivity contribution >= 4 is 17.7 Å². The maximum absolute atomic E-state index is 14.6. The molecular formula is C32H13F41N2O2. The molecule has 1 N–H and O–H groups in total. The van der Waals surface area contributed by atoms with Gasteiger partial charge in [-0.15, -0.1) is 0 Å². The Balaban J connectivity index is 4.03. The second-order valence-corrected chi connectivity index (χ2v) is 15.3. The molecule has 1 rings (SSSR count). The van der Waals surface area contributed by atoms with Crippen LogP contribution >= 0.6 is 0 Å². The van der Waals surface area contributed by atoms with Gasteiger partial charge < -0.3 is 5.32 Å². The van der Waals surface area contributed by atoms with E-state index in [1.165, 1.54) is 0 Å². The fraction of sp³-hybridized carbons (Fsp3) is 0.750. The van der Waals surface area contributed by atoms with Crippen LogP contribution in [0, 0.1) is 6.92 Å². The quantitative estimate of drug-likeness (QED) is 0.0674. The number of nitrogens with zero attached hydrogens (tertiary/aromatic N) is 1. The Labute approximate surface area is 392 Å². The van der Waals surface area contributed by atoms with Crippen LogP contribution in [0.2, 0.25) is 0 Å². The minimum absolute atomic E-state index is 0.0583. The number of carbonyl (C=O) groups excluding carboxylic acids is 2. The van der Waals surface area contributed by atoms with Crippen molar-refractivity contribution in [1.82, 2.24) is 5.32 Å². The average molecular weight is 1240 g/mol. The lowest BCUT2D eigenvalue weighted by atomic mass is 9.81. The molecule has 0 bridgehead atoms. The van der Waals surface area contributed by atoms with E-state index in [2.05, 4.69) is 4.99 Å². The first kappa shape index (κ1) is 70.2. The van der Waals surface area contributed by atoms with E-state index in [-0.39, 0.29) is 12.5 Å².